The van der Waals surface area contributed by atoms with E-state index in [0.717, 1.165) is 72.5 Å². The number of pyridine rings is 1. The topological polar surface area (TPSA) is 108 Å². The molecule has 0 spiro atoms. The van der Waals surface area contributed by atoms with Gasteiger partial charge in [0.05, 0.1) is 47.5 Å². The molecular weight excluding hydrogens is 582 g/mol. The summed E-state index contributed by atoms with van der Waals surface area (Å²) in [6, 6.07) is 16.6. The van der Waals surface area contributed by atoms with Crippen LogP contribution in [0, 0.1) is 0 Å². The minimum Gasteiger partial charge on any atom is -0.478 e. The summed E-state index contributed by atoms with van der Waals surface area (Å²) < 4.78 is 41.0. The van der Waals surface area contributed by atoms with Crippen molar-refractivity contribution in [3.63, 3.8) is 0 Å². The number of carboxylic acids is 1. The summed E-state index contributed by atoms with van der Waals surface area (Å²) in [6.45, 7) is 3.68. The van der Waals surface area contributed by atoms with Gasteiger partial charge in [0, 0.05) is 29.7 Å². The van der Waals surface area contributed by atoms with Gasteiger partial charge < -0.3 is 19.1 Å². The number of hydrogen-bond donors (Lipinski definition) is 1. The second-order valence-corrected chi connectivity index (χ2v) is 11.8. The number of aromatic nitrogens is 5. The number of aromatic carboxylic acids is 1. The van der Waals surface area contributed by atoms with Crippen LogP contribution >= 0.6 is 0 Å². The highest BCUT2D eigenvalue weighted by atomic mass is 19.3. The Morgan fingerprint density at radius 2 is 1.89 bits per heavy atom. The number of benzene rings is 2. The molecule has 234 valence electrons. The molecule has 5 heterocycles. The summed E-state index contributed by atoms with van der Waals surface area (Å²) >= 11 is 0. The third-order valence-electron chi connectivity index (χ3n) is 8.78. The first-order valence-corrected chi connectivity index (χ1v) is 15.3. The fourth-order valence-corrected chi connectivity index (χ4v) is 6.23. The molecule has 2 aromatic carbocycles. The fraction of sp³-hybridized carbons (Fsp3) is 0.394. The Bertz CT molecular complexity index is 1830. The van der Waals surface area contributed by atoms with Gasteiger partial charge in [-0.1, -0.05) is 18.2 Å². The van der Waals surface area contributed by atoms with Crippen LogP contribution in [0.3, 0.4) is 0 Å². The second kappa shape index (κ2) is 12.5. The van der Waals surface area contributed by atoms with E-state index >= 15 is 0 Å². The van der Waals surface area contributed by atoms with Crippen LogP contribution < -0.4 is 4.74 Å². The number of hydrogen-bond acceptors (Lipinski definition) is 7. The minimum atomic E-state index is -2.48. The smallest absolute Gasteiger partial charge is 0.335 e. The fourth-order valence-electron chi connectivity index (χ4n) is 6.23. The van der Waals surface area contributed by atoms with Crippen LogP contribution in [-0.2, 0) is 31.0 Å². The largest absolute Gasteiger partial charge is 0.478 e. The van der Waals surface area contributed by atoms with Crippen molar-refractivity contribution in [3.05, 3.63) is 83.4 Å². The van der Waals surface area contributed by atoms with Gasteiger partial charge in [0.2, 0.25) is 5.88 Å². The number of alkyl halides is 2. The molecule has 2 saturated heterocycles. The van der Waals surface area contributed by atoms with Gasteiger partial charge >= 0.3 is 5.97 Å². The van der Waals surface area contributed by atoms with Crippen molar-refractivity contribution in [2.75, 3.05) is 19.7 Å². The summed E-state index contributed by atoms with van der Waals surface area (Å²) in [5.41, 5.74) is 4.38. The van der Waals surface area contributed by atoms with Crippen LogP contribution in [0.1, 0.15) is 52.6 Å². The second-order valence-electron chi connectivity index (χ2n) is 11.8. The zero-order valence-corrected chi connectivity index (χ0v) is 24.7. The summed E-state index contributed by atoms with van der Waals surface area (Å²) in [5.74, 6) is 0.799. The number of fused-ring (bicyclic) bond motifs is 2. The Morgan fingerprint density at radius 3 is 2.64 bits per heavy atom. The van der Waals surface area contributed by atoms with E-state index in [1.807, 2.05) is 36.4 Å². The third-order valence-corrected chi connectivity index (χ3v) is 8.78. The number of rotatable bonds is 11. The van der Waals surface area contributed by atoms with Gasteiger partial charge in [0.25, 0.3) is 6.43 Å². The van der Waals surface area contributed by atoms with E-state index in [9.17, 15) is 18.7 Å². The number of ether oxygens (including phenoxy) is 2. The molecule has 5 aromatic rings. The predicted octanol–water partition coefficient (Wildman–Crippen LogP) is 5.49. The first-order chi connectivity index (χ1) is 21.9. The predicted molar refractivity (Wildman–Crippen MR) is 163 cm³/mol. The van der Waals surface area contributed by atoms with Crippen molar-refractivity contribution >= 4 is 27.9 Å². The molecule has 1 atom stereocenters. The maximum Gasteiger partial charge on any atom is 0.335 e. The number of halogens is 2. The SMILES string of the molecule is O=C(O)c1ccc2nc(CN3CCC(c4cccc(OCc5ccc6cnn(CC(F)F)c6c5)n4)CC3)n(CC3CCO3)c2c1. The minimum absolute atomic E-state index is 0.123. The van der Waals surface area contributed by atoms with Gasteiger partial charge in [-0.2, -0.15) is 5.10 Å². The molecule has 2 aliphatic rings. The van der Waals surface area contributed by atoms with E-state index in [2.05, 4.69) is 14.6 Å². The molecule has 3 aromatic heterocycles. The molecule has 7 rings (SSSR count). The average molecular weight is 617 g/mol. The lowest BCUT2D eigenvalue weighted by atomic mass is 9.93. The first-order valence-electron chi connectivity index (χ1n) is 15.3. The highest BCUT2D eigenvalue weighted by molar-refractivity contribution is 5.92. The van der Waals surface area contributed by atoms with E-state index in [1.165, 1.54) is 4.68 Å². The molecule has 1 unspecified atom stereocenters. The van der Waals surface area contributed by atoms with E-state index in [4.69, 9.17) is 19.4 Å². The molecule has 1 N–H and O–H groups in total. The number of carboxylic acid groups (broad SMARTS) is 1. The van der Waals surface area contributed by atoms with Gasteiger partial charge in [-0.15, -0.1) is 0 Å². The van der Waals surface area contributed by atoms with Gasteiger partial charge in [-0.3, -0.25) is 9.58 Å². The van der Waals surface area contributed by atoms with Crippen LogP contribution in [-0.4, -0.2) is 72.5 Å². The van der Waals surface area contributed by atoms with Crippen molar-refractivity contribution in [2.24, 2.45) is 0 Å². The molecular formula is C33H34F2N6O4. The molecule has 45 heavy (non-hydrogen) atoms. The molecule has 12 heteroatoms. The lowest BCUT2D eigenvalue weighted by molar-refractivity contribution is -0.0592. The number of piperidine rings is 1. The Balaban J connectivity index is 0.990. The summed E-state index contributed by atoms with van der Waals surface area (Å²) in [6.07, 6.45) is 2.11. The molecule has 10 nitrogen and oxygen atoms in total. The highest BCUT2D eigenvalue weighted by Gasteiger charge is 2.26. The third kappa shape index (κ3) is 6.38. The van der Waals surface area contributed by atoms with E-state index in [-0.39, 0.29) is 18.3 Å². The average Bonchev–Trinajstić information content (AvgIpc) is 3.57. The van der Waals surface area contributed by atoms with Crippen molar-refractivity contribution in [2.45, 2.75) is 64.0 Å². The van der Waals surface area contributed by atoms with Crippen LogP contribution in [0.4, 0.5) is 8.78 Å². The molecule has 0 aliphatic carbocycles. The van der Waals surface area contributed by atoms with Crippen molar-refractivity contribution < 1.29 is 28.2 Å². The van der Waals surface area contributed by atoms with Crippen LogP contribution in [0.25, 0.3) is 21.9 Å². The van der Waals surface area contributed by atoms with E-state index in [0.29, 0.717) is 30.4 Å². The maximum atomic E-state index is 12.9. The summed E-state index contributed by atoms with van der Waals surface area (Å²) in [5, 5.41) is 14.4. The number of likely N-dealkylation sites (tertiary alicyclic amines) is 1. The normalized spacial score (nSPS) is 17.7. The van der Waals surface area contributed by atoms with Gasteiger partial charge in [-0.05, 0) is 68.2 Å². The van der Waals surface area contributed by atoms with Crippen molar-refractivity contribution in [1.29, 1.82) is 0 Å². The standard InChI is InChI=1S/C33H34F2N6O4/c34-30(35)18-41-28-14-21(4-5-24(28)16-36-41)20-45-32-3-1-2-26(38-32)22-8-11-39(12-9-22)19-31-37-27-7-6-23(33(42)43)15-29(27)40(31)17-25-10-13-44-25/h1-7,14-16,22,25,30H,8-13,17-20H2,(H,42,43). The Kier molecular flexibility index (Phi) is 8.16. The van der Waals surface area contributed by atoms with Gasteiger partial charge in [0.15, 0.2) is 0 Å². The van der Waals surface area contributed by atoms with E-state index in [1.54, 1.807) is 24.4 Å². The first kappa shape index (κ1) is 29.3. The molecule has 0 radical (unpaired) electrons. The zero-order valence-electron chi connectivity index (χ0n) is 24.7. The highest BCUT2D eigenvalue weighted by Crippen LogP contribution is 2.30. The lowest BCUT2D eigenvalue weighted by Gasteiger charge is -2.32. The lowest BCUT2D eigenvalue weighted by Crippen LogP contribution is -2.35. The summed E-state index contributed by atoms with van der Waals surface area (Å²) in [7, 11) is 0. The Morgan fingerprint density at radius 1 is 1.04 bits per heavy atom. The van der Waals surface area contributed by atoms with Gasteiger partial charge in [-0.25, -0.2) is 23.5 Å². The van der Waals surface area contributed by atoms with Crippen molar-refractivity contribution in [1.82, 2.24) is 29.2 Å². The quantitative estimate of drug-likeness (QED) is 0.208. The maximum absolute atomic E-state index is 12.9. The van der Waals surface area contributed by atoms with Crippen LogP contribution in [0.5, 0.6) is 5.88 Å². The Hall–Kier alpha value is -4.42. The van der Waals surface area contributed by atoms with Crippen LogP contribution in [0.15, 0.2) is 60.8 Å². The number of imidazole rings is 1. The molecule has 2 aliphatic heterocycles. The van der Waals surface area contributed by atoms with Crippen LogP contribution in [0.2, 0.25) is 0 Å². The molecule has 0 saturated carbocycles. The van der Waals surface area contributed by atoms with E-state index < -0.39 is 18.9 Å². The van der Waals surface area contributed by atoms with Crippen molar-refractivity contribution in [3.8, 4) is 5.88 Å². The summed E-state index contributed by atoms with van der Waals surface area (Å²) in [4.78, 5) is 23.7. The van der Waals surface area contributed by atoms with Gasteiger partial charge in [0.1, 0.15) is 19.0 Å². The Labute approximate surface area is 258 Å². The number of nitrogens with zero attached hydrogens (tertiary/aromatic N) is 6. The molecule has 0 amide bonds. The monoisotopic (exact) mass is 616 g/mol. The molecule has 2 fully saturated rings. The zero-order chi connectivity index (χ0) is 30.9. The number of carbonyl (C=O) groups is 1. The molecule has 0 bridgehead atoms.